The van der Waals surface area contributed by atoms with Crippen LogP contribution in [0.4, 0.5) is 0 Å². The first-order valence-corrected chi connectivity index (χ1v) is 13.0. The Morgan fingerprint density at radius 1 is 0.704 bits per heavy atom. The van der Waals surface area contributed by atoms with Crippen molar-refractivity contribution in [2.45, 2.75) is 90.9 Å². The van der Waals surface area contributed by atoms with E-state index in [-0.39, 0.29) is 13.2 Å². The van der Waals surface area contributed by atoms with Gasteiger partial charge in [-0.05, 0) is 12.8 Å². The molecule has 0 saturated heterocycles. The fourth-order valence-corrected chi connectivity index (χ4v) is 4.90. The van der Waals surface area contributed by atoms with Crippen molar-refractivity contribution in [1.82, 2.24) is 0 Å². The maximum Gasteiger partial charge on any atom is 0.508 e. The zero-order valence-corrected chi connectivity index (χ0v) is 18.9. The molecule has 10 heteroatoms. The van der Waals surface area contributed by atoms with Gasteiger partial charge >= 0.3 is 15.6 Å². The first-order valence-electron chi connectivity index (χ1n) is 10.0. The number of unbranched alkanes of at least 4 members (excludes halogenated alkanes) is 10. The summed E-state index contributed by atoms with van der Waals surface area (Å²) in [6, 6.07) is 0. The number of phosphoric ester groups is 1. The summed E-state index contributed by atoms with van der Waals surface area (Å²) in [6.07, 6.45) is 12.3. The van der Waals surface area contributed by atoms with Crippen molar-refractivity contribution >= 4 is 15.6 Å². The van der Waals surface area contributed by atoms with Crippen LogP contribution < -0.4 is 0 Å². The van der Waals surface area contributed by atoms with E-state index in [1.165, 1.54) is 12.8 Å². The average molecular weight is 432 g/mol. The van der Waals surface area contributed by atoms with Crippen LogP contribution in [0.2, 0.25) is 0 Å². The van der Waals surface area contributed by atoms with Crippen LogP contribution in [0.25, 0.3) is 0 Å². The maximum absolute atomic E-state index is 12.6. The molecule has 0 radical (unpaired) electrons. The third-order valence-electron chi connectivity index (χ3n) is 3.87. The second-order valence-electron chi connectivity index (χ2n) is 6.44. The molecule has 0 aliphatic heterocycles. The highest BCUT2D eigenvalue weighted by molar-refractivity contribution is 7.61. The van der Waals surface area contributed by atoms with E-state index in [0.717, 1.165) is 58.5 Å². The summed E-state index contributed by atoms with van der Waals surface area (Å²) in [5.41, 5.74) is 0. The van der Waals surface area contributed by atoms with Gasteiger partial charge in [0.1, 0.15) is 0 Å². The molecule has 0 aliphatic carbocycles. The highest BCUT2D eigenvalue weighted by Crippen LogP contribution is 2.63. The molecule has 0 spiro atoms. The topological polar surface area (TPSA) is 101 Å². The minimum atomic E-state index is -4.69. The van der Waals surface area contributed by atoms with Crippen molar-refractivity contribution in [3.8, 4) is 0 Å². The van der Waals surface area contributed by atoms with Gasteiger partial charge in [-0.2, -0.15) is 4.31 Å². The van der Waals surface area contributed by atoms with E-state index in [2.05, 4.69) is 27.7 Å². The number of phosphoric acid groups is 2. The smallest absolute Gasteiger partial charge is 0.301 e. The van der Waals surface area contributed by atoms with E-state index in [1.807, 2.05) is 0 Å². The minimum Gasteiger partial charge on any atom is -0.301 e. The van der Waals surface area contributed by atoms with Crippen molar-refractivity contribution < 1.29 is 36.9 Å². The molecule has 164 valence electrons. The molecular formula is C17H38O8P2. The van der Waals surface area contributed by atoms with Gasteiger partial charge < -0.3 is 4.89 Å². The Morgan fingerprint density at radius 3 is 1.52 bits per heavy atom. The monoisotopic (exact) mass is 432 g/mol. The molecule has 0 bridgehead atoms. The molecule has 0 aromatic heterocycles. The molecule has 8 nitrogen and oxygen atoms in total. The van der Waals surface area contributed by atoms with Crippen molar-refractivity contribution in [3.05, 3.63) is 0 Å². The van der Waals surface area contributed by atoms with Gasteiger partial charge in [-0.1, -0.05) is 78.1 Å². The Bertz CT molecular complexity index is 411. The van der Waals surface area contributed by atoms with Gasteiger partial charge in [0.2, 0.25) is 0 Å². The Hall–Kier alpha value is 0.220. The summed E-state index contributed by atoms with van der Waals surface area (Å²) in [7, 11) is -7.85. The van der Waals surface area contributed by atoms with E-state index in [4.69, 9.17) is 9.05 Å². The quantitative estimate of drug-likeness (QED) is 0.100. The van der Waals surface area contributed by atoms with E-state index < -0.39 is 15.6 Å². The largest absolute Gasteiger partial charge is 0.508 e. The van der Waals surface area contributed by atoms with Crippen molar-refractivity contribution in [3.63, 3.8) is 0 Å². The van der Waals surface area contributed by atoms with Gasteiger partial charge in [0.05, 0.1) is 20.3 Å². The molecule has 1 atom stereocenters. The fraction of sp³-hybridized carbons (Fsp3) is 1.00. The van der Waals surface area contributed by atoms with Gasteiger partial charge in [-0.3, -0.25) is 9.05 Å². The zero-order chi connectivity index (χ0) is 20.4. The SMILES string of the molecule is CCCCCCCCOP(=O)(OCCCCCCCC)OP(=O)(O)OOC. The highest BCUT2D eigenvalue weighted by atomic mass is 31.3. The lowest BCUT2D eigenvalue weighted by molar-refractivity contribution is -0.194. The van der Waals surface area contributed by atoms with Crippen LogP contribution in [-0.2, 0) is 32.1 Å². The third kappa shape index (κ3) is 16.8. The average Bonchev–Trinajstić information content (AvgIpc) is 2.59. The van der Waals surface area contributed by atoms with E-state index >= 15 is 0 Å². The molecule has 1 N–H and O–H groups in total. The van der Waals surface area contributed by atoms with Gasteiger partial charge in [0.25, 0.3) is 0 Å². The summed E-state index contributed by atoms with van der Waals surface area (Å²) < 4.78 is 43.5. The van der Waals surface area contributed by atoms with E-state index in [1.54, 1.807) is 0 Å². The molecule has 0 aliphatic rings. The fourth-order valence-electron chi connectivity index (χ4n) is 2.44. The minimum absolute atomic E-state index is 0.118. The summed E-state index contributed by atoms with van der Waals surface area (Å²) in [4.78, 5) is 13.6. The van der Waals surface area contributed by atoms with Crippen LogP contribution in [-0.4, -0.2) is 25.2 Å². The first-order chi connectivity index (χ1) is 12.9. The first kappa shape index (κ1) is 27.2. The van der Waals surface area contributed by atoms with Crippen LogP contribution in [0.5, 0.6) is 0 Å². The van der Waals surface area contributed by atoms with Gasteiger partial charge in [-0.15, -0.1) is 4.67 Å². The Labute approximate surface area is 164 Å². The number of hydrogen-bond acceptors (Lipinski definition) is 7. The highest BCUT2D eigenvalue weighted by Gasteiger charge is 2.39. The summed E-state index contributed by atoms with van der Waals surface area (Å²) in [5.74, 6) is 0. The molecule has 0 heterocycles. The van der Waals surface area contributed by atoms with E-state index in [9.17, 15) is 14.0 Å². The van der Waals surface area contributed by atoms with Crippen LogP contribution in [0, 0.1) is 0 Å². The van der Waals surface area contributed by atoms with Crippen LogP contribution in [0.1, 0.15) is 90.9 Å². The predicted molar refractivity (Wildman–Crippen MR) is 105 cm³/mol. The van der Waals surface area contributed by atoms with Crippen LogP contribution in [0.15, 0.2) is 0 Å². The lowest BCUT2D eigenvalue weighted by Gasteiger charge is -2.19. The van der Waals surface area contributed by atoms with Gasteiger partial charge in [0.15, 0.2) is 0 Å². The molecule has 0 saturated carbocycles. The number of rotatable bonds is 20. The molecule has 0 aromatic rings. The molecule has 0 rings (SSSR count). The van der Waals surface area contributed by atoms with Crippen molar-refractivity contribution in [2.75, 3.05) is 20.3 Å². The maximum atomic E-state index is 12.6. The normalized spacial score (nSPS) is 14.4. The Morgan fingerprint density at radius 2 is 1.11 bits per heavy atom. The second kappa shape index (κ2) is 17.1. The van der Waals surface area contributed by atoms with Crippen LogP contribution >= 0.6 is 15.6 Å². The molecular weight excluding hydrogens is 394 g/mol. The Kier molecular flexibility index (Phi) is 17.2. The zero-order valence-electron chi connectivity index (χ0n) is 17.1. The summed E-state index contributed by atoms with van der Waals surface area (Å²) in [6.45, 7) is 4.53. The summed E-state index contributed by atoms with van der Waals surface area (Å²) in [5, 5.41) is 0. The van der Waals surface area contributed by atoms with Gasteiger partial charge in [0, 0.05) is 0 Å². The van der Waals surface area contributed by atoms with Crippen molar-refractivity contribution in [1.29, 1.82) is 0 Å². The molecule has 27 heavy (non-hydrogen) atoms. The standard InChI is InChI=1S/C17H38O8P2/c1-4-6-8-10-12-14-16-22-27(20,25-26(18,19)24-21-3)23-17-15-13-11-9-7-5-2/h4-17H2,1-3H3,(H,18,19). The molecule has 0 amide bonds. The van der Waals surface area contributed by atoms with Crippen LogP contribution in [0.3, 0.4) is 0 Å². The lowest BCUT2D eigenvalue weighted by atomic mass is 10.1. The predicted octanol–water partition coefficient (Wildman–Crippen LogP) is 6.54. The lowest BCUT2D eigenvalue weighted by Crippen LogP contribution is -2.03. The number of hydrogen-bond donors (Lipinski definition) is 1. The third-order valence-corrected chi connectivity index (χ3v) is 6.83. The second-order valence-corrected chi connectivity index (χ2v) is 9.59. The van der Waals surface area contributed by atoms with Gasteiger partial charge in [-0.25, -0.2) is 14.0 Å². The molecule has 0 aromatic carbocycles. The summed E-state index contributed by atoms with van der Waals surface area (Å²) >= 11 is 0. The Balaban J connectivity index is 4.32. The molecule has 1 unspecified atom stereocenters. The molecule has 0 fully saturated rings. The van der Waals surface area contributed by atoms with Crippen molar-refractivity contribution in [2.24, 2.45) is 0 Å². The van der Waals surface area contributed by atoms with E-state index in [0.29, 0.717) is 12.8 Å².